The molecule has 20 heavy (non-hydrogen) atoms. The molecule has 1 aromatic carbocycles. The second kappa shape index (κ2) is 5.75. The third-order valence-corrected chi connectivity index (χ3v) is 3.55. The number of benzene rings is 1. The van der Waals surface area contributed by atoms with Crippen LogP contribution in [0.1, 0.15) is 30.8 Å². The smallest absolute Gasteiger partial charge is 0.123 e. The van der Waals surface area contributed by atoms with Gasteiger partial charge < -0.3 is 5.32 Å². The van der Waals surface area contributed by atoms with Crippen molar-refractivity contribution in [3.8, 4) is 11.1 Å². The lowest BCUT2D eigenvalue weighted by atomic mass is 9.97. The van der Waals surface area contributed by atoms with Gasteiger partial charge in [0.1, 0.15) is 5.82 Å². The van der Waals surface area contributed by atoms with Gasteiger partial charge in [0.25, 0.3) is 0 Å². The summed E-state index contributed by atoms with van der Waals surface area (Å²) in [5.41, 5.74) is 5.05. The molecule has 2 rings (SSSR count). The minimum atomic E-state index is -0.212. The quantitative estimate of drug-likeness (QED) is 0.927. The van der Waals surface area contributed by atoms with Crippen LogP contribution in [0, 0.1) is 19.7 Å². The van der Waals surface area contributed by atoms with Crippen molar-refractivity contribution >= 4 is 0 Å². The van der Waals surface area contributed by atoms with Crippen molar-refractivity contribution in [3.05, 3.63) is 41.0 Å². The number of aryl methyl sites for hydroxylation is 2. The topological polar surface area (TPSA) is 29.9 Å². The third-order valence-electron chi connectivity index (χ3n) is 3.55. The Morgan fingerprint density at radius 3 is 2.55 bits per heavy atom. The van der Waals surface area contributed by atoms with Crippen molar-refractivity contribution in [1.82, 2.24) is 15.1 Å². The molecule has 0 aliphatic heterocycles. The molecule has 0 aliphatic rings. The van der Waals surface area contributed by atoms with E-state index in [1.165, 1.54) is 6.07 Å². The Morgan fingerprint density at radius 2 is 2.00 bits per heavy atom. The average Bonchev–Trinajstić information content (AvgIpc) is 2.61. The summed E-state index contributed by atoms with van der Waals surface area (Å²) in [5.74, 6) is -0.212. The van der Waals surface area contributed by atoms with Crippen LogP contribution in [0.25, 0.3) is 11.1 Å². The summed E-state index contributed by atoms with van der Waals surface area (Å²) in [6, 6.07) is 5.37. The molecule has 0 unspecified atom stereocenters. The van der Waals surface area contributed by atoms with Crippen molar-refractivity contribution in [3.63, 3.8) is 0 Å². The van der Waals surface area contributed by atoms with Gasteiger partial charge in [0.15, 0.2) is 0 Å². The summed E-state index contributed by atoms with van der Waals surface area (Å²) in [7, 11) is 1.91. The first-order valence-electron chi connectivity index (χ1n) is 6.92. The molecule has 0 saturated heterocycles. The second-order valence-corrected chi connectivity index (χ2v) is 5.51. The molecular formula is C16H22FN3. The van der Waals surface area contributed by atoms with E-state index in [2.05, 4.69) is 24.3 Å². The largest absolute Gasteiger partial charge is 0.310 e. The molecule has 0 aliphatic carbocycles. The molecule has 0 spiro atoms. The molecule has 2 aromatic rings. The number of hydrogen-bond acceptors (Lipinski definition) is 2. The summed E-state index contributed by atoms with van der Waals surface area (Å²) < 4.78 is 15.5. The highest BCUT2D eigenvalue weighted by molar-refractivity contribution is 5.71. The first-order valence-corrected chi connectivity index (χ1v) is 6.92. The van der Waals surface area contributed by atoms with Crippen molar-refractivity contribution in [2.75, 3.05) is 0 Å². The molecule has 0 radical (unpaired) electrons. The van der Waals surface area contributed by atoms with Gasteiger partial charge in [-0.15, -0.1) is 0 Å². The number of rotatable bonds is 4. The van der Waals surface area contributed by atoms with E-state index in [9.17, 15) is 4.39 Å². The lowest BCUT2D eigenvalue weighted by Gasteiger charge is -2.13. The molecule has 0 saturated carbocycles. The van der Waals surface area contributed by atoms with E-state index in [1.807, 2.05) is 31.6 Å². The van der Waals surface area contributed by atoms with Gasteiger partial charge in [-0.2, -0.15) is 5.10 Å². The van der Waals surface area contributed by atoms with Gasteiger partial charge in [-0.05, 0) is 37.1 Å². The Kier molecular flexibility index (Phi) is 4.23. The fraction of sp³-hybridized carbons (Fsp3) is 0.438. The summed E-state index contributed by atoms with van der Waals surface area (Å²) in [6.45, 7) is 8.90. The van der Waals surface area contributed by atoms with Crippen molar-refractivity contribution in [2.24, 2.45) is 7.05 Å². The number of hydrogen-bond donors (Lipinski definition) is 1. The fourth-order valence-electron chi connectivity index (χ4n) is 2.41. The molecule has 108 valence electrons. The van der Waals surface area contributed by atoms with Crippen LogP contribution in [0.3, 0.4) is 0 Å². The molecule has 1 aromatic heterocycles. The minimum Gasteiger partial charge on any atom is -0.310 e. The van der Waals surface area contributed by atoms with Crippen LogP contribution in [0.4, 0.5) is 4.39 Å². The normalized spacial score (nSPS) is 11.3. The monoisotopic (exact) mass is 275 g/mol. The van der Waals surface area contributed by atoms with Crippen molar-refractivity contribution in [2.45, 2.75) is 40.3 Å². The Bertz CT molecular complexity index is 614. The molecule has 4 heteroatoms. The number of nitrogens with one attached hydrogen (secondary N) is 1. The van der Waals surface area contributed by atoms with Gasteiger partial charge in [-0.3, -0.25) is 4.68 Å². The number of halogens is 1. The van der Waals surface area contributed by atoms with Gasteiger partial charge >= 0.3 is 0 Å². The van der Waals surface area contributed by atoms with E-state index >= 15 is 0 Å². The van der Waals surface area contributed by atoms with Gasteiger partial charge in [0.2, 0.25) is 0 Å². The molecule has 1 heterocycles. The zero-order valence-electron chi connectivity index (χ0n) is 12.8. The molecular weight excluding hydrogens is 253 g/mol. The second-order valence-electron chi connectivity index (χ2n) is 5.51. The van der Waals surface area contributed by atoms with Gasteiger partial charge in [0.05, 0.1) is 5.69 Å². The standard InChI is InChI=1S/C16H22FN3/c1-10(2)18-9-13-6-7-14(17)8-15(13)16-11(3)19-20(5)12(16)4/h6-8,10,18H,9H2,1-5H3. The zero-order chi connectivity index (χ0) is 14.9. The van der Waals surface area contributed by atoms with Crippen molar-refractivity contribution < 1.29 is 4.39 Å². The van der Waals surface area contributed by atoms with E-state index in [-0.39, 0.29) is 5.82 Å². The predicted molar refractivity (Wildman–Crippen MR) is 80.1 cm³/mol. The number of aromatic nitrogens is 2. The Morgan fingerprint density at radius 1 is 1.30 bits per heavy atom. The molecule has 0 atom stereocenters. The lowest BCUT2D eigenvalue weighted by Crippen LogP contribution is -2.22. The van der Waals surface area contributed by atoms with E-state index in [4.69, 9.17) is 0 Å². The average molecular weight is 275 g/mol. The molecule has 0 bridgehead atoms. The molecule has 0 amide bonds. The van der Waals surface area contributed by atoms with Crippen LogP contribution < -0.4 is 5.32 Å². The van der Waals surface area contributed by atoms with Crippen LogP contribution in [-0.4, -0.2) is 15.8 Å². The summed E-state index contributed by atoms with van der Waals surface area (Å²) in [5, 5.41) is 7.81. The Balaban J connectivity index is 2.51. The van der Waals surface area contributed by atoms with Crippen LogP contribution in [0.5, 0.6) is 0 Å². The highest BCUT2D eigenvalue weighted by atomic mass is 19.1. The predicted octanol–water partition coefficient (Wildman–Crippen LogP) is 3.34. The minimum absolute atomic E-state index is 0.212. The van der Waals surface area contributed by atoms with Crippen LogP contribution >= 0.6 is 0 Å². The summed E-state index contributed by atoms with van der Waals surface area (Å²) in [6.07, 6.45) is 0. The van der Waals surface area contributed by atoms with Gasteiger partial charge in [-0.1, -0.05) is 19.9 Å². The SMILES string of the molecule is Cc1nn(C)c(C)c1-c1cc(F)ccc1CNC(C)C. The lowest BCUT2D eigenvalue weighted by molar-refractivity contribution is 0.587. The molecule has 3 nitrogen and oxygen atoms in total. The summed E-state index contributed by atoms with van der Waals surface area (Å²) >= 11 is 0. The van der Waals surface area contributed by atoms with E-state index in [0.717, 1.165) is 34.6 Å². The van der Waals surface area contributed by atoms with Gasteiger partial charge in [-0.25, -0.2) is 4.39 Å². The maximum atomic E-state index is 13.7. The number of nitrogens with zero attached hydrogens (tertiary/aromatic N) is 2. The molecule has 0 fully saturated rings. The molecule has 1 N–H and O–H groups in total. The van der Waals surface area contributed by atoms with E-state index in [0.29, 0.717) is 6.04 Å². The Labute approximate surface area is 119 Å². The Hall–Kier alpha value is -1.68. The first kappa shape index (κ1) is 14.7. The zero-order valence-corrected chi connectivity index (χ0v) is 12.8. The third kappa shape index (κ3) is 2.90. The summed E-state index contributed by atoms with van der Waals surface area (Å²) in [4.78, 5) is 0. The maximum Gasteiger partial charge on any atom is 0.123 e. The van der Waals surface area contributed by atoms with Crippen molar-refractivity contribution in [1.29, 1.82) is 0 Å². The van der Waals surface area contributed by atoms with E-state index < -0.39 is 0 Å². The van der Waals surface area contributed by atoms with Crippen LogP contribution in [-0.2, 0) is 13.6 Å². The van der Waals surface area contributed by atoms with E-state index in [1.54, 1.807) is 6.07 Å². The highest BCUT2D eigenvalue weighted by Crippen LogP contribution is 2.30. The highest BCUT2D eigenvalue weighted by Gasteiger charge is 2.15. The van der Waals surface area contributed by atoms with Crippen LogP contribution in [0.2, 0.25) is 0 Å². The van der Waals surface area contributed by atoms with Gasteiger partial charge in [0, 0.05) is 30.9 Å². The first-order chi connectivity index (χ1) is 9.40. The van der Waals surface area contributed by atoms with Crippen LogP contribution in [0.15, 0.2) is 18.2 Å². The maximum absolute atomic E-state index is 13.7. The fourth-order valence-corrected chi connectivity index (χ4v) is 2.41.